The van der Waals surface area contributed by atoms with Crippen molar-refractivity contribution in [3.63, 3.8) is 0 Å². The Morgan fingerprint density at radius 3 is 0.970 bits per heavy atom. The van der Waals surface area contributed by atoms with Gasteiger partial charge in [-0.1, -0.05) is 167 Å². The van der Waals surface area contributed by atoms with Crippen LogP contribution in [0.1, 0.15) is 174 Å². The minimum atomic E-state index is -0.533. The smallest absolute Gasteiger partial charge is 0.421 e. The van der Waals surface area contributed by atoms with E-state index in [1.54, 1.807) is 0 Å². The molecule has 0 atom stereocenters. The molecule has 0 heterocycles. The van der Waals surface area contributed by atoms with Crippen LogP contribution in [0, 0.1) is 0 Å². The number of hydrogen-bond donors (Lipinski definition) is 2. The zero-order chi connectivity index (χ0) is 24.1. The number of rotatable bonds is 27. The van der Waals surface area contributed by atoms with Crippen molar-refractivity contribution in [2.24, 2.45) is 5.84 Å². The molecule has 4 nitrogen and oxygen atoms in total. The van der Waals surface area contributed by atoms with E-state index in [9.17, 15) is 4.79 Å². The summed E-state index contributed by atoms with van der Waals surface area (Å²) in [5.41, 5.74) is 1.97. The van der Waals surface area contributed by atoms with E-state index in [-0.39, 0.29) is 0 Å². The maximum absolute atomic E-state index is 10.8. The number of unbranched alkanes of at least 4 members (excludes halogenated alkanes) is 25. The van der Waals surface area contributed by atoms with Crippen LogP contribution in [0.5, 0.6) is 0 Å². The van der Waals surface area contributed by atoms with Crippen LogP contribution in [0.4, 0.5) is 4.79 Å². The molecule has 0 bridgehead atoms. The lowest BCUT2D eigenvalue weighted by Gasteiger charge is -2.05. The van der Waals surface area contributed by atoms with Crippen molar-refractivity contribution in [2.45, 2.75) is 174 Å². The van der Waals surface area contributed by atoms with Gasteiger partial charge in [-0.3, -0.25) is 5.43 Å². The molecule has 4 heteroatoms. The molecule has 0 aromatic heterocycles. The molecular weight excluding hydrogens is 408 g/mol. The summed E-state index contributed by atoms with van der Waals surface area (Å²) in [6.45, 7) is 2.77. The predicted molar refractivity (Wildman–Crippen MR) is 144 cm³/mol. The molecular formula is C29H60N2O2. The van der Waals surface area contributed by atoms with E-state index in [0.29, 0.717) is 6.61 Å². The number of hydrazine groups is 1. The Morgan fingerprint density at radius 1 is 0.485 bits per heavy atom. The van der Waals surface area contributed by atoms with Crippen LogP contribution in [0.2, 0.25) is 0 Å². The zero-order valence-corrected chi connectivity index (χ0v) is 22.5. The molecule has 0 aliphatic carbocycles. The van der Waals surface area contributed by atoms with Gasteiger partial charge in [-0.2, -0.15) is 0 Å². The third kappa shape index (κ3) is 29.2. The highest BCUT2D eigenvalue weighted by Gasteiger charge is 1.98. The summed E-state index contributed by atoms with van der Waals surface area (Å²) in [5, 5.41) is 0. The topological polar surface area (TPSA) is 64.3 Å². The Balaban J connectivity index is 3.02. The monoisotopic (exact) mass is 468 g/mol. The van der Waals surface area contributed by atoms with Crippen molar-refractivity contribution < 1.29 is 9.53 Å². The second-order valence-electron chi connectivity index (χ2n) is 10.1. The first-order valence-corrected chi connectivity index (χ1v) is 14.9. The maximum atomic E-state index is 10.8. The molecule has 0 aliphatic rings. The summed E-state index contributed by atoms with van der Waals surface area (Å²) in [6.07, 6.45) is 35.8. The van der Waals surface area contributed by atoms with Gasteiger partial charge in [-0.25, -0.2) is 10.6 Å². The van der Waals surface area contributed by atoms with E-state index in [1.165, 1.54) is 154 Å². The van der Waals surface area contributed by atoms with Gasteiger partial charge in [-0.15, -0.1) is 0 Å². The average Bonchev–Trinajstić information content (AvgIpc) is 2.83. The molecule has 3 N–H and O–H groups in total. The molecule has 0 aromatic rings. The van der Waals surface area contributed by atoms with Crippen molar-refractivity contribution in [3.8, 4) is 0 Å². The van der Waals surface area contributed by atoms with Gasteiger partial charge < -0.3 is 4.74 Å². The fourth-order valence-electron chi connectivity index (χ4n) is 4.62. The lowest BCUT2D eigenvalue weighted by atomic mass is 10.0. The molecule has 0 aliphatic heterocycles. The first kappa shape index (κ1) is 32.2. The van der Waals surface area contributed by atoms with Gasteiger partial charge in [0.1, 0.15) is 0 Å². The fourth-order valence-corrected chi connectivity index (χ4v) is 4.62. The number of carbonyl (C=O) groups excluding carboxylic acids is 1. The Bertz CT molecular complexity index is 377. The van der Waals surface area contributed by atoms with E-state index in [0.717, 1.165) is 12.8 Å². The van der Waals surface area contributed by atoms with Crippen LogP contribution in [0.15, 0.2) is 0 Å². The normalized spacial score (nSPS) is 11.1. The standard InChI is InChI=1S/C29H60N2O2/c1-2-3-4-5-6-7-8-9-10-11-12-13-14-15-16-17-18-19-20-21-22-23-24-25-26-27-28-33-29(32)31-30/h2-28,30H2,1H3,(H,31,32). The lowest BCUT2D eigenvalue weighted by molar-refractivity contribution is 0.144. The van der Waals surface area contributed by atoms with Crippen LogP contribution in [0.3, 0.4) is 0 Å². The fraction of sp³-hybridized carbons (Fsp3) is 0.966. The third-order valence-corrected chi connectivity index (χ3v) is 6.85. The van der Waals surface area contributed by atoms with E-state index >= 15 is 0 Å². The van der Waals surface area contributed by atoms with Gasteiger partial charge in [0.05, 0.1) is 6.61 Å². The number of amides is 1. The third-order valence-electron chi connectivity index (χ3n) is 6.85. The molecule has 0 rings (SSSR count). The first-order valence-electron chi connectivity index (χ1n) is 14.9. The van der Waals surface area contributed by atoms with Crippen LogP contribution < -0.4 is 11.3 Å². The van der Waals surface area contributed by atoms with Crippen LogP contribution in [0.25, 0.3) is 0 Å². The second-order valence-corrected chi connectivity index (χ2v) is 10.1. The van der Waals surface area contributed by atoms with Gasteiger partial charge in [-0.05, 0) is 6.42 Å². The van der Waals surface area contributed by atoms with Crippen molar-refractivity contribution in [3.05, 3.63) is 0 Å². The van der Waals surface area contributed by atoms with Gasteiger partial charge in [0.2, 0.25) is 0 Å². The average molecular weight is 469 g/mol. The van der Waals surface area contributed by atoms with Gasteiger partial charge in [0.15, 0.2) is 0 Å². The van der Waals surface area contributed by atoms with Crippen molar-refractivity contribution in [1.29, 1.82) is 0 Å². The minimum Gasteiger partial charge on any atom is -0.449 e. The zero-order valence-electron chi connectivity index (χ0n) is 22.5. The van der Waals surface area contributed by atoms with E-state index < -0.39 is 6.09 Å². The molecule has 0 radical (unpaired) electrons. The van der Waals surface area contributed by atoms with Crippen LogP contribution in [-0.4, -0.2) is 12.7 Å². The summed E-state index contributed by atoms with van der Waals surface area (Å²) < 4.78 is 4.87. The first-order chi connectivity index (χ1) is 16.3. The number of nitrogens with one attached hydrogen (secondary N) is 1. The molecule has 33 heavy (non-hydrogen) atoms. The summed E-state index contributed by atoms with van der Waals surface area (Å²) >= 11 is 0. The molecule has 0 fully saturated rings. The Morgan fingerprint density at radius 2 is 0.727 bits per heavy atom. The molecule has 0 spiro atoms. The number of carbonyl (C=O) groups is 1. The molecule has 0 saturated carbocycles. The highest BCUT2D eigenvalue weighted by atomic mass is 16.5. The number of ether oxygens (including phenoxy) is 1. The molecule has 0 saturated heterocycles. The quantitative estimate of drug-likeness (QED) is 0.0545. The molecule has 0 aromatic carbocycles. The Hall–Kier alpha value is -0.770. The van der Waals surface area contributed by atoms with E-state index in [1.807, 2.05) is 5.43 Å². The molecule has 1 amide bonds. The Kier molecular flexibility index (Phi) is 28.6. The van der Waals surface area contributed by atoms with Crippen molar-refractivity contribution in [1.82, 2.24) is 5.43 Å². The van der Waals surface area contributed by atoms with Gasteiger partial charge >= 0.3 is 6.09 Å². The maximum Gasteiger partial charge on any atom is 0.421 e. The van der Waals surface area contributed by atoms with Crippen molar-refractivity contribution in [2.75, 3.05) is 6.61 Å². The molecule has 198 valence electrons. The minimum absolute atomic E-state index is 0.475. The highest BCUT2D eigenvalue weighted by Crippen LogP contribution is 2.15. The lowest BCUT2D eigenvalue weighted by Crippen LogP contribution is -2.30. The largest absolute Gasteiger partial charge is 0.449 e. The summed E-state index contributed by atoms with van der Waals surface area (Å²) in [6, 6.07) is 0. The second kappa shape index (κ2) is 29.3. The van der Waals surface area contributed by atoms with Crippen LogP contribution in [-0.2, 0) is 4.74 Å². The van der Waals surface area contributed by atoms with E-state index in [4.69, 9.17) is 10.6 Å². The predicted octanol–water partition coefficient (Wildman–Crippen LogP) is 9.75. The number of nitrogens with two attached hydrogens (primary N) is 1. The summed E-state index contributed by atoms with van der Waals surface area (Å²) in [5.74, 6) is 4.95. The van der Waals surface area contributed by atoms with Crippen molar-refractivity contribution >= 4 is 6.09 Å². The summed E-state index contributed by atoms with van der Waals surface area (Å²) in [4.78, 5) is 10.8. The van der Waals surface area contributed by atoms with E-state index in [2.05, 4.69) is 6.92 Å². The SMILES string of the molecule is CCCCCCCCCCCCCCCCCCCCCCCCCCCCOC(=O)NN. The summed E-state index contributed by atoms with van der Waals surface area (Å²) in [7, 11) is 0. The Labute approximate surface area is 207 Å². The van der Waals surface area contributed by atoms with Gasteiger partial charge in [0.25, 0.3) is 0 Å². The van der Waals surface area contributed by atoms with Gasteiger partial charge in [0, 0.05) is 0 Å². The van der Waals surface area contributed by atoms with Crippen LogP contribution >= 0.6 is 0 Å². The number of hydrogen-bond acceptors (Lipinski definition) is 3. The molecule has 0 unspecified atom stereocenters. The highest BCUT2D eigenvalue weighted by molar-refractivity contribution is 5.66.